The van der Waals surface area contributed by atoms with E-state index in [4.69, 9.17) is 0 Å². The number of allylic oxidation sites excluding steroid dienone is 2. The standard InChI is InChI=1S/C14H14O2/c1-2-3-5-10-6-4-7-11-12(15)8-9-13(16)14(10)11/h4,6-9H,2-3,5H2,1H3. The van der Waals surface area contributed by atoms with Gasteiger partial charge in [-0.3, -0.25) is 9.59 Å². The molecular formula is C14H14O2. The summed E-state index contributed by atoms with van der Waals surface area (Å²) in [5.41, 5.74) is 2.17. The molecule has 2 rings (SSSR count). The van der Waals surface area contributed by atoms with Crippen LogP contribution in [0.15, 0.2) is 30.4 Å². The normalized spacial score (nSPS) is 14.1. The number of carbonyl (C=O) groups is 2. The number of unbranched alkanes of at least 4 members (excludes halogenated alkanes) is 1. The average Bonchev–Trinajstić information content (AvgIpc) is 2.31. The lowest BCUT2D eigenvalue weighted by Crippen LogP contribution is -2.14. The largest absolute Gasteiger partial charge is 0.289 e. The van der Waals surface area contributed by atoms with Crippen LogP contribution >= 0.6 is 0 Å². The summed E-state index contributed by atoms with van der Waals surface area (Å²) in [5.74, 6) is -0.103. The van der Waals surface area contributed by atoms with E-state index in [1.165, 1.54) is 12.2 Å². The molecule has 82 valence electrons. The Labute approximate surface area is 95.0 Å². The van der Waals surface area contributed by atoms with Gasteiger partial charge >= 0.3 is 0 Å². The van der Waals surface area contributed by atoms with Crippen molar-refractivity contribution in [2.75, 3.05) is 0 Å². The molecule has 0 spiro atoms. The van der Waals surface area contributed by atoms with Crippen LogP contribution in [0.25, 0.3) is 0 Å². The van der Waals surface area contributed by atoms with Crippen molar-refractivity contribution >= 4 is 11.6 Å². The molecule has 0 heterocycles. The molecule has 16 heavy (non-hydrogen) atoms. The van der Waals surface area contributed by atoms with Crippen molar-refractivity contribution < 1.29 is 9.59 Å². The number of hydrogen-bond donors (Lipinski definition) is 0. The average molecular weight is 214 g/mol. The first-order valence-electron chi connectivity index (χ1n) is 5.62. The van der Waals surface area contributed by atoms with Gasteiger partial charge in [-0.1, -0.05) is 31.5 Å². The van der Waals surface area contributed by atoms with Crippen molar-refractivity contribution in [1.29, 1.82) is 0 Å². The molecule has 0 fully saturated rings. The van der Waals surface area contributed by atoms with E-state index in [2.05, 4.69) is 6.92 Å². The lowest BCUT2D eigenvalue weighted by Gasteiger charge is -2.13. The molecule has 1 aliphatic rings. The van der Waals surface area contributed by atoms with E-state index in [1.807, 2.05) is 12.1 Å². The molecular weight excluding hydrogens is 200 g/mol. The van der Waals surface area contributed by atoms with Gasteiger partial charge in [-0.25, -0.2) is 0 Å². The molecule has 0 radical (unpaired) electrons. The summed E-state index contributed by atoms with van der Waals surface area (Å²) in [6.45, 7) is 2.11. The maximum absolute atomic E-state index is 11.8. The summed E-state index contributed by atoms with van der Waals surface area (Å²) >= 11 is 0. The summed E-state index contributed by atoms with van der Waals surface area (Å²) in [7, 11) is 0. The number of carbonyl (C=O) groups excluding carboxylic acids is 2. The van der Waals surface area contributed by atoms with Crippen LogP contribution in [0.2, 0.25) is 0 Å². The predicted octanol–water partition coefficient (Wildman–Crippen LogP) is 2.96. The van der Waals surface area contributed by atoms with Crippen molar-refractivity contribution in [2.24, 2.45) is 0 Å². The van der Waals surface area contributed by atoms with Crippen LogP contribution in [-0.2, 0) is 6.42 Å². The maximum Gasteiger partial charge on any atom is 0.186 e. The number of ketones is 2. The molecule has 1 aliphatic carbocycles. The monoisotopic (exact) mass is 214 g/mol. The van der Waals surface area contributed by atoms with Gasteiger partial charge in [0.1, 0.15) is 0 Å². The summed E-state index contributed by atoms with van der Waals surface area (Å²) in [6, 6.07) is 5.53. The second-order valence-electron chi connectivity index (χ2n) is 4.01. The summed E-state index contributed by atoms with van der Waals surface area (Å²) in [6.07, 6.45) is 5.73. The molecule has 2 nitrogen and oxygen atoms in total. The molecule has 0 atom stereocenters. The highest BCUT2D eigenvalue weighted by atomic mass is 16.1. The van der Waals surface area contributed by atoms with Gasteiger partial charge in [-0.15, -0.1) is 0 Å². The first-order valence-corrected chi connectivity index (χ1v) is 5.62. The highest BCUT2D eigenvalue weighted by Gasteiger charge is 2.21. The zero-order chi connectivity index (χ0) is 11.5. The number of aryl methyl sites for hydroxylation is 1. The minimum atomic E-state index is -0.0621. The molecule has 0 aromatic heterocycles. The fourth-order valence-corrected chi connectivity index (χ4v) is 2.00. The zero-order valence-corrected chi connectivity index (χ0v) is 9.32. The molecule has 0 saturated carbocycles. The third-order valence-electron chi connectivity index (χ3n) is 2.85. The molecule has 1 aromatic carbocycles. The second-order valence-corrected chi connectivity index (χ2v) is 4.01. The Morgan fingerprint density at radius 2 is 1.81 bits per heavy atom. The molecule has 0 amide bonds. The molecule has 1 aromatic rings. The van der Waals surface area contributed by atoms with Crippen molar-refractivity contribution in [2.45, 2.75) is 26.2 Å². The Kier molecular flexibility index (Phi) is 3.00. The van der Waals surface area contributed by atoms with Gasteiger partial charge in [-0.05, 0) is 30.6 Å². The van der Waals surface area contributed by atoms with Crippen LogP contribution in [0, 0.1) is 0 Å². The van der Waals surface area contributed by atoms with E-state index in [-0.39, 0.29) is 11.6 Å². The Balaban J connectivity index is 2.47. The van der Waals surface area contributed by atoms with Crippen LogP contribution in [0.4, 0.5) is 0 Å². The lowest BCUT2D eigenvalue weighted by atomic mass is 9.89. The van der Waals surface area contributed by atoms with Crippen molar-refractivity contribution in [3.8, 4) is 0 Å². The highest BCUT2D eigenvalue weighted by molar-refractivity contribution is 6.22. The van der Waals surface area contributed by atoms with Crippen LogP contribution in [-0.4, -0.2) is 11.6 Å². The van der Waals surface area contributed by atoms with E-state index in [1.54, 1.807) is 6.07 Å². The van der Waals surface area contributed by atoms with Crippen molar-refractivity contribution in [3.63, 3.8) is 0 Å². The van der Waals surface area contributed by atoms with Gasteiger partial charge in [0, 0.05) is 11.1 Å². The Hall–Kier alpha value is -1.70. The van der Waals surface area contributed by atoms with Gasteiger partial charge in [0.05, 0.1) is 0 Å². The number of hydrogen-bond acceptors (Lipinski definition) is 2. The first kappa shape index (κ1) is 10.8. The molecule has 2 heteroatoms. The van der Waals surface area contributed by atoms with Crippen LogP contribution < -0.4 is 0 Å². The van der Waals surface area contributed by atoms with Gasteiger partial charge in [0.15, 0.2) is 11.6 Å². The van der Waals surface area contributed by atoms with E-state index >= 15 is 0 Å². The summed E-state index contributed by atoms with van der Waals surface area (Å²) in [5, 5.41) is 0. The van der Waals surface area contributed by atoms with Crippen molar-refractivity contribution in [3.05, 3.63) is 47.0 Å². The number of rotatable bonds is 3. The predicted molar refractivity (Wildman–Crippen MR) is 62.9 cm³/mol. The van der Waals surface area contributed by atoms with E-state index in [0.717, 1.165) is 24.8 Å². The quantitative estimate of drug-likeness (QED) is 0.775. The van der Waals surface area contributed by atoms with Crippen LogP contribution in [0.1, 0.15) is 46.0 Å². The smallest absolute Gasteiger partial charge is 0.186 e. The fraction of sp³-hybridized carbons (Fsp3) is 0.286. The van der Waals surface area contributed by atoms with E-state index in [9.17, 15) is 9.59 Å². The molecule has 0 aliphatic heterocycles. The Morgan fingerprint density at radius 3 is 2.56 bits per heavy atom. The topological polar surface area (TPSA) is 34.1 Å². The molecule has 0 unspecified atom stereocenters. The Morgan fingerprint density at radius 1 is 1.06 bits per heavy atom. The van der Waals surface area contributed by atoms with Crippen molar-refractivity contribution in [1.82, 2.24) is 0 Å². The second kappa shape index (κ2) is 4.44. The zero-order valence-electron chi connectivity index (χ0n) is 9.32. The maximum atomic E-state index is 11.8. The number of benzene rings is 1. The first-order chi connectivity index (χ1) is 7.74. The van der Waals surface area contributed by atoms with Crippen LogP contribution in [0.5, 0.6) is 0 Å². The molecule has 0 N–H and O–H groups in total. The van der Waals surface area contributed by atoms with Gasteiger partial charge in [-0.2, -0.15) is 0 Å². The molecule has 0 bridgehead atoms. The van der Waals surface area contributed by atoms with Crippen LogP contribution in [0.3, 0.4) is 0 Å². The number of fused-ring (bicyclic) bond motifs is 1. The van der Waals surface area contributed by atoms with Gasteiger partial charge in [0.2, 0.25) is 0 Å². The highest BCUT2D eigenvalue weighted by Crippen LogP contribution is 2.22. The lowest BCUT2D eigenvalue weighted by molar-refractivity contribution is 0.0993. The van der Waals surface area contributed by atoms with E-state index in [0.29, 0.717) is 11.1 Å². The minimum Gasteiger partial charge on any atom is -0.289 e. The minimum absolute atomic E-state index is 0.0405. The Bertz CT molecular complexity index is 470. The SMILES string of the molecule is CCCCc1cccc2c1C(=O)C=CC2=O. The van der Waals surface area contributed by atoms with Gasteiger partial charge < -0.3 is 0 Å². The van der Waals surface area contributed by atoms with E-state index < -0.39 is 0 Å². The third-order valence-corrected chi connectivity index (χ3v) is 2.85. The van der Waals surface area contributed by atoms with Gasteiger partial charge in [0.25, 0.3) is 0 Å². The summed E-state index contributed by atoms with van der Waals surface area (Å²) in [4.78, 5) is 23.4. The molecule has 0 saturated heterocycles. The summed E-state index contributed by atoms with van der Waals surface area (Å²) < 4.78 is 0. The third kappa shape index (κ3) is 1.83. The fourth-order valence-electron chi connectivity index (χ4n) is 2.00.